The minimum absolute atomic E-state index is 0.0697. The zero-order chi connectivity index (χ0) is 25.1. The molecule has 2 aliphatic heterocycles. The molecule has 0 unspecified atom stereocenters. The van der Waals surface area contributed by atoms with Crippen molar-refractivity contribution in [3.63, 3.8) is 0 Å². The van der Waals surface area contributed by atoms with Crippen LogP contribution in [0.5, 0.6) is 0 Å². The molecule has 36 heavy (non-hydrogen) atoms. The molecule has 8 heteroatoms. The fourth-order valence-electron chi connectivity index (χ4n) is 5.87. The van der Waals surface area contributed by atoms with E-state index < -0.39 is 15.4 Å². The van der Waals surface area contributed by atoms with Gasteiger partial charge in [-0.15, -0.1) is 0 Å². The van der Waals surface area contributed by atoms with Crippen molar-refractivity contribution in [1.82, 2.24) is 13.9 Å². The van der Waals surface area contributed by atoms with Crippen LogP contribution < -0.4 is 4.90 Å². The highest BCUT2D eigenvalue weighted by Gasteiger charge is 2.52. The number of hydrogen-bond donors (Lipinski definition) is 0. The van der Waals surface area contributed by atoms with E-state index in [1.54, 1.807) is 54.7 Å². The van der Waals surface area contributed by atoms with E-state index in [1.165, 1.54) is 3.97 Å². The molecule has 0 bridgehead atoms. The zero-order valence-electron chi connectivity index (χ0n) is 20.4. The van der Waals surface area contributed by atoms with Gasteiger partial charge in [-0.2, -0.15) is 0 Å². The average Bonchev–Trinajstić information content (AvgIpc) is 3.41. The van der Waals surface area contributed by atoms with Crippen molar-refractivity contribution in [2.24, 2.45) is 0 Å². The van der Waals surface area contributed by atoms with Crippen molar-refractivity contribution in [2.45, 2.75) is 30.1 Å². The molecule has 0 N–H and O–H groups in total. The number of likely N-dealkylation sites (tertiary alicyclic amines) is 1. The summed E-state index contributed by atoms with van der Waals surface area (Å²) in [5, 5.41) is 0.751. The molecule has 1 spiro atoms. The maximum Gasteiger partial charge on any atom is 0.269 e. The third kappa shape index (κ3) is 3.17. The van der Waals surface area contributed by atoms with Gasteiger partial charge in [-0.1, -0.05) is 55.5 Å². The van der Waals surface area contributed by atoms with E-state index in [1.807, 2.05) is 30.3 Å². The Labute approximate surface area is 211 Å². The van der Waals surface area contributed by atoms with Crippen molar-refractivity contribution in [1.29, 1.82) is 0 Å². The standard InChI is InChI=1S/C28H28N4O3S/c1-3-31-16-14-28(15-17-31)25-23(30(2)27(28)33)18-29-26-24(25)22(20-10-6-4-7-11-20)19-32(26)36(34,35)21-12-8-5-9-13-21/h4-13,18-19H,3,14-17H2,1-2H3. The topological polar surface area (TPSA) is 75.5 Å². The summed E-state index contributed by atoms with van der Waals surface area (Å²) in [5.41, 5.74) is 3.01. The summed E-state index contributed by atoms with van der Waals surface area (Å²) in [6.07, 6.45) is 4.73. The molecule has 0 saturated carbocycles. The number of piperidine rings is 1. The zero-order valence-corrected chi connectivity index (χ0v) is 21.2. The van der Waals surface area contributed by atoms with Gasteiger partial charge in [-0.3, -0.25) is 4.79 Å². The first-order valence-corrected chi connectivity index (χ1v) is 13.7. The summed E-state index contributed by atoms with van der Waals surface area (Å²) in [7, 11) is -2.10. The van der Waals surface area contributed by atoms with Crippen LogP contribution in [0, 0.1) is 0 Å². The monoisotopic (exact) mass is 500 g/mol. The van der Waals surface area contributed by atoms with Gasteiger partial charge in [0.15, 0.2) is 5.65 Å². The molecule has 2 aromatic heterocycles. The third-order valence-electron chi connectivity index (χ3n) is 7.86. The van der Waals surface area contributed by atoms with Crippen molar-refractivity contribution in [3.8, 4) is 11.1 Å². The van der Waals surface area contributed by atoms with Crippen LogP contribution in [0.25, 0.3) is 22.2 Å². The highest BCUT2D eigenvalue weighted by molar-refractivity contribution is 7.90. The number of rotatable bonds is 4. The van der Waals surface area contributed by atoms with Gasteiger partial charge in [-0.05, 0) is 50.2 Å². The highest BCUT2D eigenvalue weighted by Crippen LogP contribution is 2.52. The molecule has 1 saturated heterocycles. The maximum atomic E-state index is 13.8. The smallest absolute Gasteiger partial charge is 0.269 e. The van der Waals surface area contributed by atoms with Gasteiger partial charge in [0.05, 0.1) is 22.2 Å². The molecule has 0 aliphatic carbocycles. The van der Waals surface area contributed by atoms with Gasteiger partial charge >= 0.3 is 0 Å². The van der Waals surface area contributed by atoms with Crippen LogP contribution in [0.2, 0.25) is 0 Å². The summed E-state index contributed by atoms with van der Waals surface area (Å²) < 4.78 is 28.9. The number of hydrogen-bond acceptors (Lipinski definition) is 5. The van der Waals surface area contributed by atoms with Gasteiger partial charge in [0, 0.05) is 29.8 Å². The van der Waals surface area contributed by atoms with Gasteiger partial charge in [-0.25, -0.2) is 17.4 Å². The van der Waals surface area contributed by atoms with E-state index >= 15 is 0 Å². The van der Waals surface area contributed by atoms with Gasteiger partial charge in [0.2, 0.25) is 5.91 Å². The number of carbonyl (C=O) groups is 1. The van der Waals surface area contributed by atoms with E-state index in [2.05, 4.69) is 16.8 Å². The van der Waals surface area contributed by atoms with Gasteiger partial charge < -0.3 is 9.80 Å². The number of amides is 1. The molecular weight excluding hydrogens is 472 g/mol. The number of carbonyl (C=O) groups excluding carboxylic acids is 1. The molecule has 7 nitrogen and oxygen atoms in total. The minimum atomic E-state index is -3.90. The second-order valence-electron chi connectivity index (χ2n) is 9.62. The largest absolute Gasteiger partial charge is 0.313 e. The summed E-state index contributed by atoms with van der Waals surface area (Å²) in [6, 6.07) is 18.2. The fourth-order valence-corrected chi connectivity index (χ4v) is 7.21. The van der Waals surface area contributed by atoms with E-state index in [9.17, 15) is 13.2 Å². The van der Waals surface area contributed by atoms with Crippen LogP contribution in [-0.4, -0.2) is 54.9 Å². The summed E-state index contributed by atoms with van der Waals surface area (Å²) in [5.74, 6) is 0.0697. The first-order valence-electron chi connectivity index (χ1n) is 12.3. The van der Waals surface area contributed by atoms with Crippen LogP contribution in [0.3, 0.4) is 0 Å². The Bertz CT molecular complexity index is 1570. The van der Waals surface area contributed by atoms with Crippen LogP contribution in [0.15, 0.2) is 78.0 Å². The molecule has 0 radical (unpaired) electrons. The lowest BCUT2D eigenvalue weighted by Gasteiger charge is -2.38. The van der Waals surface area contributed by atoms with Crippen LogP contribution in [-0.2, 0) is 20.2 Å². The lowest BCUT2D eigenvalue weighted by Crippen LogP contribution is -2.48. The predicted molar refractivity (Wildman–Crippen MR) is 141 cm³/mol. The Morgan fingerprint density at radius 2 is 1.61 bits per heavy atom. The molecule has 184 valence electrons. The Morgan fingerprint density at radius 3 is 2.25 bits per heavy atom. The molecule has 1 fully saturated rings. The van der Waals surface area contributed by atoms with E-state index in [0.717, 1.165) is 47.4 Å². The van der Waals surface area contributed by atoms with Crippen molar-refractivity contribution in [2.75, 3.05) is 31.6 Å². The second kappa shape index (κ2) is 8.28. The molecular formula is C28H28N4O3S. The number of likely N-dealkylation sites (N-methyl/N-ethyl adjacent to an activating group) is 1. The minimum Gasteiger partial charge on any atom is -0.313 e. The third-order valence-corrected chi connectivity index (χ3v) is 9.52. The van der Waals surface area contributed by atoms with Crippen LogP contribution >= 0.6 is 0 Å². The van der Waals surface area contributed by atoms with E-state index in [4.69, 9.17) is 0 Å². The average molecular weight is 501 g/mol. The molecule has 2 aromatic carbocycles. The molecule has 4 heterocycles. The summed E-state index contributed by atoms with van der Waals surface area (Å²) in [4.78, 5) is 22.7. The van der Waals surface area contributed by atoms with Crippen LogP contribution in [0.1, 0.15) is 25.3 Å². The maximum absolute atomic E-state index is 13.8. The Hall–Kier alpha value is -3.49. The number of benzene rings is 2. The lowest BCUT2D eigenvalue weighted by atomic mass is 9.72. The van der Waals surface area contributed by atoms with Crippen LogP contribution in [0.4, 0.5) is 5.69 Å². The van der Waals surface area contributed by atoms with E-state index in [0.29, 0.717) is 18.5 Å². The number of nitrogens with zero attached hydrogens (tertiary/aromatic N) is 4. The van der Waals surface area contributed by atoms with Crippen molar-refractivity contribution in [3.05, 3.63) is 78.6 Å². The Kier molecular flexibility index (Phi) is 5.28. The summed E-state index contributed by atoms with van der Waals surface area (Å²) >= 11 is 0. The Morgan fingerprint density at radius 1 is 0.972 bits per heavy atom. The normalized spacial score (nSPS) is 17.7. The molecule has 4 aromatic rings. The first-order chi connectivity index (χ1) is 17.4. The number of anilines is 1. The first kappa shape index (κ1) is 22.9. The summed E-state index contributed by atoms with van der Waals surface area (Å²) in [6.45, 7) is 4.73. The quantitative estimate of drug-likeness (QED) is 0.418. The lowest BCUT2D eigenvalue weighted by molar-refractivity contribution is -0.124. The SMILES string of the molecule is CCN1CCC2(CC1)C(=O)N(C)c1cnc3c(c(-c4ccccc4)cn3S(=O)(=O)c3ccccc3)c12. The highest BCUT2D eigenvalue weighted by atomic mass is 32.2. The molecule has 2 aliphatic rings. The van der Waals surface area contributed by atoms with Gasteiger partial charge in [0.1, 0.15) is 0 Å². The van der Waals surface area contributed by atoms with Gasteiger partial charge in [0.25, 0.3) is 10.0 Å². The van der Waals surface area contributed by atoms with E-state index in [-0.39, 0.29) is 10.8 Å². The molecule has 1 amide bonds. The predicted octanol–water partition coefficient (Wildman–Crippen LogP) is 4.27. The second-order valence-corrected chi connectivity index (χ2v) is 11.4. The number of pyridine rings is 1. The van der Waals surface area contributed by atoms with Crippen molar-refractivity contribution < 1.29 is 13.2 Å². The Balaban J connectivity index is 1.68. The number of fused-ring (bicyclic) bond motifs is 4. The molecule has 6 rings (SSSR count). The van der Waals surface area contributed by atoms with Crippen molar-refractivity contribution >= 4 is 32.7 Å². The molecule has 0 atom stereocenters. The number of aromatic nitrogens is 2. The fraction of sp³-hybridized carbons (Fsp3) is 0.286.